The number of carbonyl (C=O) groups excluding carboxylic acids is 2. The van der Waals surface area contributed by atoms with Crippen LogP contribution in [0.3, 0.4) is 0 Å². The number of nitrogens with two attached hydrogens (primary N) is 1. The number of rotatable bonds is 5. The molecule has 9 heteroatoms. The third kappa shape index (κ3) is 5.59. The van der Waals surface area contributed by atoms with Crippen molar-refractivity contribution in [2.24, 2.45) is 5.73 Å². The lowest BCUT2D eigenvalue weighted by Crippen LogP contribution is -2.51. The molecule has 0 unspecified atom stereocenters. The quantitative estimate of drug-likeness (QED) is 0.818. The molecule has 2 amide bonds. The molecule has 0 aliphatic carbocycles. The number of likely N-dealkylation sites (tertiary alicyclic amines) is 1. The van der Waals surface area contributed by atoms with Gasteiger partial charge in [0, 0.05) is 18.5 Å². The van der Waals surface area contributed by atoms with E-state index in [0.717, 1.165) is 17.4 Å². The zero-order chi connectivity index (χ0) is 20.4. The zero-order valence-electron chi connectivity index (χ0n) is 15.2. The van der Waals surface area contributed by atoms with Gasteiger partial charge < -0.3 is 15.5 Å². The molecule has 1 aliphatic heterocycles. The topological polar surface area (TPSA) is 66.6 Å². The second-order valence-electron chi connectivity index (χ2n) is 6.85. The summed E-state index contributed by atoms with van der Waals surface area (Å²) in [4.78, 5) is 26.6. The summed E-state index contributed by atoms with van der Waals surface area (Å²) in [5.74, 6) is -1.05. The van der Waals surface area contributed by atoms with Gasteiger partial charge in [-0.15, -0.1) is 0 Å². The van der Waals surface area contributed by atoms with E-state index in [-0.39, 0.29) is 18.5 Å². The molecule has 3 atom stereocenters. The van der Waals surface area contributed by atoms with Crippen LogP contribution in [0.1, 0.15) is 38.3 Å². The molecule has 27 heavy (non-hydrogen) atoms. The molecule has 0 radical (unpaired) electrons. The van der Waals surface area contributed by atoms with Crippen LogP contribution in [0.15, 0.2) is 24.3 Å². The van der Waals surface area contributed by atoms with Crippen LogP contribution < -0.4 is 5.73 Å². The molecule has 0 saturated carbocycles. The summed E-state index contributed by atoms with van der Waals surface area (Å²) in [7, 11) is 0. The van der Waals surface area contributed by atoms with Crippen molar-refractivity contribution in [1.29, 1.82) is 0 Å². The van der Waals surface area contributed by atoms with Crippen molar-refractivity contribution in [1.82, 2.24) is 9.80 Å². The Labute approximate surface area is 161 Å². The van der Waals surface area contributed by atoms with Crippen LogP contribution in [0.5, 0.6) is 0 Å². The number of carbonyl (C=O) groups is 2. The van der Waals surface area contributed by atoms with E-state index in [4.69, 9.17) is 17.3 Å². The molecule has 150 valence electrons. The molecule has 2 rings (SSSR count). The van der Waals surface area contributed by atoms with Gasteiger partial charge in [-0.25, -0.2) is 0 Å². The first-order valence-corrected chi connectivity index (χ1v) is 9.03. The van der Waals surface area contributed by atoms with Gasteiger partial charge in [-0.05, 0) is 37.5 Å². The minimum atomic E-state index is -4.51. The number of hydrogen-bond donors (Lipinski definition) is 1. The van der Waals surface area contributed by atoms with Gasteiger partial charge in [-0.2, -0.15) is 13.2 Å². The highest BCUT2D eigenvalue weighted by molar-refractivity contribution is 6.30. The van der Waals surface area contributed by atoms with E-state index in [2.05, 4.69) is 0 Å². The van der Waals surface area contributed by atoms with Crippen LogP contribution in [0.25, 0.3) is 0 Å². The Hall–Kier alpha value is -1.80. The fourth-order valence-electron chi connectivity index (χ4n) is 3.45. The molecule has 0 aromatic heterocycles. The van der Waals surface area contributed by atoms with E-state index >= 15 is 0 Å². The maximum absolute atomic E-state index is 12.8. The fraction of sp³-hybridized carbons (Fsp3) is 0.556. The third-order valence-electron chi connectivity index (χ3n) is 4.63. The first kappa shape index (κ1) is 21.5. The monoisotopic (exact) mass is 405 g/mol. The second-order valence-corrected chi connectivity index (χ2v) is 7.29. The van der Waals surface area contributed by atoms with Crippen molar-refractivity contribution in [2.45, 2.75) is 51.0 Å². The van der Waals surface area contributed by atoms with Gasteiger partial charge in [0.05, 0.1) is 18.1 Å². The molecule has 2 N–H and O–H groups in total. The normalized spacial score (nSPS) is 21.2. The molecule has 1 aliphatic rings. The highest BCUT2D eigenvalue weighted by Gasteiger charge is 2.41. The summed E-state index contributed by atoms with van der Waals surface area (Å²) in [6.07, 6.45) is -3.48. The summed E-state index contributed by atoms with van der Waals surface area (Å²) in [6.45, 7) is 1.09. The average molecular weight is 406 g/mol. The van der Waals surface area contributed by atoms with Gasteiger partial charge in [0.2, 0.25) is 11.8 Å². The van der Waals surface area contributed by atoms with Crippen molar-refractivity contribution in [3.8, 4) is 0 Å². The summed E-state index contributed by atoms with van der Waals surface area (Å²) < 4.78 is 38.4. The lowest BCUT2D eigenvalue weighted by Gasteiger charge is -2.35. The Balaban J connectivity index is 2.29. The van der Waals surface area contributed by atoms with Crippen LogP contribution in [0.4, 0.5) is 13.2 Å². The average Bonchev–Trinajstić information content (AvgIpc) is 2.95. The van der Waals surface area contributed by atoms with Gasteiger partial charge in [-0.3, -0.25) is 9.59 Å². The van der Waals surface area contributed by atoms with Crippen LogP contribution in [-0.4, -0.2) is 53.0 Å². The third-order valence-corrected chi connectivity index (χ3v) is 4.86. The number of amides is 2. The summed E-state index contributed by atoms with van der Waals surface area (Å²) in [6, 6.07) is 5.32. The summed E-state index contributed by atoms with van der Waals surface area (Å²) >= 11 is 6.04. The highest BCUT2D eigenvalue weighted by Crippen LogP contribution is 2.38. The van der Waals surface area contributed by atoms with Gasteiger partial charge in [0.25, 0.3) is 0 Å². The van der Waals surface area contributed by atoms with Crippen molar-refractivity contribution < 1.29 is 22.8 Å². The Morgan fingerprint density at radius 2 is 2.04 bits per heavy atom. The number of halogens is 4. The SMILES string of the molecule is CC(=O)N(C[C@H]1CC[C@@H](c2cccc(Cl)c2)N1C(=O)[C@@H](C)N)CC(F)(F)F. The van der Waals surface area contributed by atoms with Crippen LogP contribution in [0.2, 0.25) is 5.02 Å². The number of nitrogens with zero attached hydrogens (tertiary/aromatic N) is 2. The lowest BCUT2D eigenvalue weighted by atomic mass is 10.0. The molecule has 1 fully saturated rings. The molecule has 5 nitrogen and oxygen atoms in total. The minimum absolute atomic E-state index is 0.190. The van der Waals surface area contributed by atoms with E-state index in [9.17, 15) is 22.8 Å². The van der Waals surface area contributed by atoms with Crippen LogP contribution in [0, 0.1) is 0 Å². The van der Waals surface area contributed by atoms with Crippen molar-refractivity contribution in [2.75, 3.05) is 13.1 Å². The predicted octanol–water partition coefficient (Wildman–Crippen LogP) is 3.13. The van der Waals surface area contributed by atoms with Crippen molar-refractivity contribution in [3.63, 3.8) is 0 Å². The number of alkyl halides is 3. The Morgan fingerprint density at radius 3 is 2.56 bits per heavy atom. The van der Waals surface area contributed by atoms with Crippen molar-refractivity contribution >= 4 is 23.4 Å². The smallest absolute Gasteiger partial charge is 0.332 e. The lowest BCUT2D eigenvalue weighted by molar-refractivity contribution is -0.162. The maximum atomic E-state index is 12.8. The molecule has 0 bridgehead atoms. The van der Waals surface area contributed by atoms with E-state index in [1.807, 2.05) is 6.07 Å². The second kappa shape index (κ2) is 8.48. The standard InChI is InChI=1S/C18H23ClF3N3O2/c1-11(23)17(27)25-15(9-24(12(2)26)10-18(20,21)22)6-7-16(25)13-4-3-5-14(19)8-13/h3-5,8,11,15-16H,6-7,9-10,23H2,1-2H3/t11-,15-,16+/m1/s1. The molecular weight excluding hydrogens is 383 g/mol. The van der Waals surface area contributed by atoms with Gasteiger partial charge in [0.15, 0.2) is 0 Å². The predicted molar refractivity (Wildman–Crippen MR) is 96.0 cm³/mol. The molecule has 1 heterocycles. The minimum Gasteiger partial charge on any atom is -0.332 e. The van der Waals surface area contributed by atoms with E-state index in [0.29, 0.717) is 17.9 Å². The maximum Gasteiger partial charge on any atom is 0.406 e. The molecule has 1 aromatic rings. The van der Waals surface area contributed by atoms with Gasteiger partial charge in [0.1, 0.15) is 6.54 Å². The number of benzene rings is 1. The van der Waals surface area contributed by atoms with Crippen LogP contribution in [-0.2, 0) is 9.59 Å². The van der Waals surface area contributed by atoms with E-state index in [1.54, 1.807) is 18.2 Å². The first-order chi connectivity index (χ1) is 12.5. The Morgan fingerprint density at radius 1 is 1.37 bits per heavy atom. The van der Waals surface area contributed by atoms with Gasteiger partial charge in [-0.1, -0.05) is 23.7 Å². The highest BCUT2D eigenvalue weighted by atomic mass is 35.5. The van der Waals surface area contributed by atoms with E-state index in [1.165, 1.54) is 11.8 Å². The summed E-state index contributed by atoms with van der Waals surface area (Å²) in [5, 5.41) is 0.506. The van der Waals surface area contributed by atoms with E-state index < -0.39 is 30.7 Å². The molecule has 1 saturated heterocycles. The molecule has 1 aromatic carbocycles. The Kier molecular flexibility index (Phi) is 6.75. The molecule has 0 spiro atoms. The molecular formula is C18H23ClF3N3O2. The van der Waals surface area contributed by atoms with Crippen LogP contribution >= 0.6 is 11.6 Å². The largest absolute Gasteiger partial charge is 0.406 e. The fourth-order valence-corrected chi connectivity index (χ4v) is 3.65. The number of hydrogen-bond acceptors (Lipinski definition) is 3. The first-order valence-electron chi connectivity index (χ1n) is 8.65. The summed E-state index contributed by atoms with van der Waals surface area (Å²) in [5.41, 5.74) is 6.56. The zero-order valence-corrected chi connectivity index (χ0v) is 15.9. The van der Waals surface area contributed by atoms with Crippen molar-refractivity contribution in [3.05, 3.63) is 34.9 Å². The Bertz CT molecular complexity index is 697. The van der Waals surface area contributed by atoms with Gasteiger partial charge >= 0.3 is 6.18 Å².